The second kappa shape index (κ2) is 6.28. The number of hydrogen-bond donors (Lipinski definition) is 1. The molecule has 3 nitrogen and oxygen atoms in total. The molecule has 0 aliphatic carbocycles. The first-order chi connectivity index (χ1) is 10.2. The zero-order chi connectivity index (χ0) is 14.8. The lowest BCUT2D eigenvalue weighted by atomic mass is 10.1. The molecular weight excluding hydrogens is 272 g/mol. The van der Waals surface area contributed by atoms with E-state index < -0.39 is 11.6 Å². The Balaban J connectivity index is 1.85. The van der Waals surface area contributed by atoms with Gasteiger partial charge in [0, 0.05) is 25.7 Å². The van der Waals surface area contributed by atoms with Crippen molar-refractivity contribution in [1.29, 1.82) is 0 Å². The van der Waals surface area contributed by atoms with Crippen LogP contribution in [0.3, 0.4) is 0 Å². The molecule has 3 rings (SSSR count). The smallest absolute Gasteiger partial charge is 0.149 e. The summed E-state index contributed by atoms with van der Waals surface area (Å²) >= 11 is 0. The summed E-state index contributed by atoms with van der Waals surface area (Å²) in [7, 11) is 0. The highest BCUT2D eigenvalue weighted by atomic mass is 19.1. The van der Waals surface area contributed by atoms with Crippen LogP contribution in [-0.4, -0.2) is 43.7 Å². The molecule has 0 amide bonds. The topological polar surface area (TPSA) is 32.5 Å². The van der Waals surface area contributed by atoms with Crippen LogP contribution in [0, 0.1) is 11.6 Å². The molecule has 2 aliphatic heterocycles. The lowest BCUT2D eigenvalue weighted by Crippen LogP contribution is -2.37. The molecule has 1 unspecified atom stereocenters. The third-order valence-corrected chi connectivity index (χ3v) is 4.63. The number of halogens is 2. The van der Waals surface area contributed by atoms with E-state index in [4.69, 9.17) is 5.73 Å². The second-order valence-electron chi connectivity index (χ2n) is 6.08. The molecule has 0 spiro atoms. The third-order valence-electron chi connectivity index (χ3n) is 4.63. The van der Waals surface area contributed by atoms with Crippen LogP contribution < -0.4 is 10.6 Å². The third kappa shape index (κ3) is 3.04. The van der Waals surface area contributed by atoms with Gasteiger partial charge in [0.2, 0.25) is 0 Å². The summed E-state index contributed by atoms with van der Waals surface area (Å²) in [6.07, 6.45) is 3.79. The molecule has 2 fully saturated rings. The average molecular weight is 295 g/mol. The number of nitrogens with zero attached hydrogens (tertiary/aromatic N) is 2. The molecular formula is C16H23F2N3. The van der Waals surface area contributed by atoms with E-state index in [1.54, 1.807) is 0 Å². The van der Waals surface area contributed by atoms with Gasteiger partial charge in [0.25, 0.3) is 0 Å². The van der Waals surface area contributed by atoms with Crippen LogP contribution in [0.5, 0.6) is 0 Å². The van der Waals surface area contributed by atoms with Crippen LogP contribution in [0.25, 0.3) is 0 Å². The number of nitrogens with two attached hydrogens (primary N) is 1. The fourth-order valence-corrected chi connectivity index (χ4v) is 3.64. The van der Waals surface area contributed by atoms with Crippen LogP contribution >= 0.6 is 0 Å². The Labute approximate surface area is 124 Å². The minimum Gasteiger partial charge on any atom is -0.365 e. The second-order valence-corrected chi connectivity index (χ2v) is 6.08. The predicted octanol–water partition coefficient (Wildman–Crippen LogP) is 2.14. The average Bonchev–Trinajstić information content (AvgIpc) is 2.77. The van der Waals surface area contributed by atoms with Crippen molar-refractivity contribution < 1.29 is 8.78 Å². The molecule has 0 bridgehead atoms. The molecule has 2 N–H and O–H groups in total. The molecule has 1 atom stereocenters. The summed E-state index contributed by atoms with van der Waals surface area (Å²) in [5.41, 5.74) is 6.24. The minimum atomic E-state index is -0.454. The van der Waals surface area contributed by atoms with Crippen molar-refractivity contribution in [1.82, 2.24) is 4.90 Å². The fourth-order valence-electron chi connectivity index (χ4n) is 3.64. The van der Waals surface area contributed by atoms with Gasteiger partial charge in [-0.15, -0.1) is 0 Å². The van der Waals surface area contributed by atoms with E-state index >= 15 is 0 Å². The van der Waals surface area contributed by atoms with Gasteiger partial charge in [-0.2, -0.15) is 0 Å². The number of benzene rings is 1. The lowest BCUT2D eigenvalue weighted by molar-refractivity contribution is 0.273. The Morgan fingerprint density at radius 3 is 2.52 bits per heavy atom. The monoisotopic (exact) mass is 295 g/mol. The summed E-state index contributed by atoms with van der Waals surface area (Å²) in [5, 5.41) is 0. The number of hydrogen-bond acceptors (Lipinski definition) is 3. The van der Waals surface area contributed by atoms with Crippen LogP contribution in [0.15, 0.2) is 12.1 Å². The summed E-state index contributed by atoms with van der Waals surface area (Å²) in [5.74, 6) is -0.908. The summed E-state index contributed by atoms with van der Waals surface area (Å²) in [4.78, 5) is 4.35. The van der Waals surface area contributed by atoms with E-state index in [0.29, 0.717) is 24.6 Å². The highest BCUT2D eigenvalue weighted by Crippen LogP contribution is 2.29. The first-order valence-electron chi connectivity index (χ1n) is 7.86. The summed E-state index contributed by atoms with van der Waals surface area (Å²) < 4.78 is 28.7. The molecule has 116 valence electrons. The SMILES string of the molecule is NCCc1cc(F)c(N2CCCN3CCCC3C2)c(F)c1. The fraction of sp³-hybridized carbons (Fsp3) is 0.625. The highest BCUT2D eigenvalue weighted by molar-refractivity contribution is 5.51. The Morgan fingerprint density at radius 2 is 1.81 bits per heavy atom. The van der Waals surface area contributed by atoms with Crippen molar-refractivity contribution in [2.45, 2.75) is 31.7 Å². The van der Waals surface area contributed by atoms with Crippen LogP contribution in [0.2, 0.25) is 0 Å². The lowest BCUT2D eigenvalue weighted by Gasteiger charge is -2.28. The number of rotatable bonds is 3. The molecule has 21 heavy (non-hydrogen) atoms. The van der Waals surface area contributed by atoms with Crippen molar-refractivity contribution in [3.05, 3.63) is 29.3 Å². The molecule has 2 saturated heterocycles. The van der Waals surface area contributed by atoms with Gasteiger partial charge in [-0.3, -0.25) is 4.90 Å². The maximum Gasteiger partial charge on any atom is 0.149 e. The molecule has 1 aromatic rings. The van der Waals surface area contributed by atoms with E-state index in [-0.39, 0.29) is 5.69 Å². The Kier molecular flexibility index (Phi) is 4.40. The van der Waals surface area contributed by atoms with E-state index in [0.717, 1.165) is 39.0 Å². The van der Waals surface area contributed by atoms with E-state index in [2.05, 4.69) is 4.90 Å². The van der Waals surface area contributed by atoms with Crippen molar-refractivity contribution in [3.8, 4) is 0 Å². The van der Waals surface area contributed by atoms with Gasteiger partial charge in [0.1, 0.15) is 17.3 Å². The first-order valence-corrected chi connectivity index (χ1v) is 7.86. The van der Waals surface area contributed by atoms with Gasteiger partial charge in [-0.1, -0.05) is 0 Å². The molecule has 5 heteroatoms. The standard InChI is InChI=1S/C16H23F2N3/c17-14-9-12(4-5-19)10-15(18)16(14)21-8-2-7-20-6-1-3-13(20)11-21/h9-10,13H,1-8,11,19H2. The molecule has 0 aromatic heterocycles. The molecule has 1 aromatic carbocycles. The zero-order valence-electron chi connectivity index (χ0n) is 12.3. The van der Waals surface area contributed by atoms with Crippen molar-refractivity contribution >= 4 is 5.69 Å². The molecule has 0 saturated carbocycles. The summed E-state index contributed by atoms with van der Waals surface area (Å²) in [6.45, 7) is 4.01. The Morgan fingerprint density at radius 1 is 1.10 bits per heavy atom. The highest BCUT2D eigenvalue weighted by Gasteiger charge is 2.30. The quantitative estimate of drug-likeness (QED) is 0.927. The maximum absolute atomic E-state index is 14.4. The first kappa shape index (κ1) is 14.7. The molecule has 0 radical (unpaired) electrons. The minimum absolute atomic E-state index is 0.143. The van der Waals surface area contributed by atoms with Gasteiger partial charge in [0.05, 0.1) is 0 Å². The van der Waals surface area contributed by atoms with Gasteiger partial charge in [-0.25, -0.2) is 8.78 Å². The van der Waals surface area contributed by atoms with Crippen molar-refractivity contribution in [2.24, 2.45) is 5.73 Å². The number of anilines is 1. The molecule has 2 aliphatic rings. The van der Waals surface area contributed by atoms with Crippen molar-refractivity contribution in [2.75, 3.05) is 37.6 Å². The normalized spacial score (nSPS) is 23.2. The van der Waals surface area contributed by atoms with E-state index in [1.165, 1.54) is 18.6 Å². The largest absolute Gasteiger partial charge is 0.365 e. The van der Waals surface area contributed by atoms with Crippen molar-refractivity contribution in [3.63, 3.8) is 0 Å². The number of fused-ring (bicyclic) bond motifs is 1. The van der Waals surface area contributed by atoms with Crippen LogP contribution in [0.4, 0.5) is 14.5 Å². The zero-order valence-corrected chi connectivity index (χ0v) is 12.3. The van der Waals surface area contributed by atoms with E-state index in [9.17, 15) is 8.78 Å². The molecule has 2 heterocycles. The van der Waals surface area contributed by atoms with Crippen LogP contribution in [0.1, 0.15) is 24.8 Å². The predicted molar refractivity (Wildman–Crippen MR) is 80.5 cm³/mol. The van der Waals surface area contributed by atoms with Gasteiger partial charge >= 0.3 is 0 Å². The van der Waals surface area contributed by atoms with Gasteiger partial charge in [0.15, 0.2) is 0 Å². The maximum atomic E-state index is 14.4. The van der Waals surface area contributed by atoms with Gasteiger partial charge in [-0.05, 0) is 56.5 Å². The van der Waals surface area contributed by atoms with Crippen LogP contribution in [-0.2, 0) is 6.42 Å². The Hall–Kier alpha value is -1.20. The summed E-state index contributed by atoms with van der Waals surface area (Å²) in [6, 6.07) is 3.31. The Bertz CT molecular complexity index is 483. The van der Waals surface area contributed by atoms with E-state index in [1.807, 2.05) is 4.90 Å². The van der Waals surface area contributed by atoms with Gasteiger partial charge < -0.3 is 10.6 Å².